The Morgan fingerprint density at radius 1 is 1.07 bits per heavy atom. The highest BCUT2D eigenvalue weighted by Crippen LogP contribution is 2.28. The number of fused-ring (bicyclic) bond motifs is 1. The predicted octanol–water partition coefficient (Wildman–Crippen LogP) is 3.68. The van der Waals surface area contributed by atoms with E-state index in [0.29, 0.717) is 5.75 Å². The number of sulfonamides is 1. The van der Waals surface area contributed by atoms with Crippen molar-refractivity contribution in [2.45, 2.75) is 39.0 Å². The molecular formula is C20H25N3O3S. The van der Waals surface area contributed by atoms with E-state index in [2.05, 4.69) is 23.7 Å². The minimum atomic E-state index is -3.35. The van der Waals surface area contributed by atoms with Crippen LogP contribution in [0.15, 0.2) is 54.7 Å². The number of aromatic nitrogens is 2. The highest BCUT2D eigenvalue weighted by atomic mass is 32.2. The monoisotopic (exact) mass is 387 g/mol. The highest BCUT2D eigenvalue weighted by Gasteiger charge is 2.24. The van der Waals surface area contributed by atoms with Crippen LogP contribution in [0.5, 0.6) is 5.75 Å². The topological polar surface area (TPSA) is 73.2 Å². The van der Waals surface area contributed by atoms with Crippen LogP contribution >= 0.6 is 0 Å². The van der Waals surface area contributed by atoms with Gasteiger partial charge in [-0.15, -0.1) is 0 Å². The van der Waals surface area contributed by atoms with Crippen LogP contribution in [0.25, 0.3) is 10.9 Å². The molecule has 0 saturated heterocycles. The molecule has 0 fully saturated rings. The Kier molecular flexibility index (Phi) is 5.53. The Labute approximate surface area is 160 Å². The van der Waals surface area contributed by atoms with Crippen LogP contribution < -0.4 is 9.46 Å². The lowest BCUT2D eigenvalue weighted by molar-refractivity contribution is 0.173. The van der Waals surface area contributed by atoms with Crippen molar-refractivity contribution in [3.8, 4) is 5.75 Å². The zero-order chi connectivity index (χ0) is 19.6. The number of hydrogen-bond acceptors (Lipinski definition) is 4. The average molecular weight is 388 g/mol. The SMILES string of the molecule is CC(C)n1ncc2cc(O[C@H](c3ccccc3)[C@H](C)NS(C)(=O)=O)ccc21. The summed E-state index contributed by atoms with van der Waals surface area (Å²) in [5.41, 5.74) is 1.94. The third-order valence-corrected chi connectivity index (χ3v) is 5.10. The first-order valence-electron chi connectivity index (χ1n) is 8.91. The van der Waals surface area contributed by atoms with Crippen LogP contribution in [0.1, 0.15) is 38.5 Å². The van der Waals surface area contributed by atoms with Gasteiger partial charge in [0.15, 0.2) is 0 Å². The van der Waals surface area contributed by atoms with Gasteiger partial charge in [0.2, 0.25) is 10.0 Å². The summed E-state index contributed by atoms with van der Waals surface area (Å²) < 4.78 is 34.2. The molecule has 0 bridgehead atoms. The lowest BCUT2D eigenvalue weighted by Gasteiger charge is -2.26. The maximum absolute atomic E-state index is 11.7. The molecule has 0 spiro atoms. The lowest BCUT2D eigenvalue weighted by atomic mass is 10.0. The van der Waals surface area contributed by atoms with Crippen LogP contribution in [0.3, 0.4) is 0 Å². The third kappa shape index (κ3) is 4.67. The summed E-state index contributed by atoms with van der Waals surface area (Å²) in [5, 5.41) is 5.41. The summed E-state index contributed by atoms with van der Waals surface area (Å²) in [6.07, 6.45) is 2.51. The Morgan fingerprint density at radius 2 is 1.78 bits per heavy atom. The molecule has 1 aromatic heterocycles. The van der Waals surface area contributed by atoms with Gasteiger partial charge >= 0.3 is 0 Å². The van der Waals surface area contributed by atoms with Crippen LogP contribution in [-0.2, 0) is 10.0 Å². The summed E-state index contributed by atoms with van der Waals surface area (Å²) in [4.78, 5) is 0. The molecule has 1 N–H and O–H groups in total. The maximum atomic E-state index is 11.7. The number of rotatable bonds is 7. The van der Waals surface area contributed by atoms with Crippen molar-refractivity contribution in [2.75, 3.05) is 6.26 Å². The van der Waals surface area contributed by atoms with Gasteiger partial charge in [0.05, 0.1) is 24.0 Å². The van der Waals surface area contributed by atoms with E-state index in [1.54, 1.807) is 6.92 Å². The van der Waals surface area contributed by atoms with E-state index in [0.717, 1.165) is 22.7 Å². The summed E-state index contributed by atoms with van der Waals surface area (Å²) in [7, 11) is -3.35. The van der Waals surface area contributed by atoms with Crippen LogP contribution in [0, 0.1) is 0 Å². The zero-order valence-electron chi connectivity index (χ0n) is 16.0. The Hall–Kier alpha value is -2.38. The van der Waals surface area contributed by atoms with Crippen molar-refractivity contribution >= 4 is 20.9 Å². The van der Waals surface area contributed by atoms with Gasteiger partial charge in [-0.25, -0.2) is 13.1 Å². The fraction of sp³-hybridized carbons (Fsp3) is 0.350. The van der Waals surface area contributed by atoms with Gasteiger partial charge in [-0.2, -0.15) is 5.10 Å². The summed E-state index contributed by atoms with van der Waals surface area (Å²) in [6.45, 7) is 5.97. The lowest BCUT2D eigenvalue weighted by Crippen LogP contribution is -2.38. The highest BCUT2D eigenvalue weighted by molar-refractivity contribution is 7.88. The molecule has 0 amide bonds. The molecule has 1 heterocycles. The van der Waals surface area contributed by atoms with E-state index in [1.165, 1.54) is 0 Å². The van der Waals surface area contributed by atoms with Crippen molar-refractivity contribution in [3.63, 3.8) is 0 Å². The Bertz CT molecular complexity index is 1010. The van der Waals surface area contributed by atoms with Gasteiger partial charge in [-0.3, -0.25) is 4.68 Å². The van der Waals surface area contributed by atoms with Gasteiger partial charge in [0, 0.05) is 11.4 Å². The van der Waals surface area contributed by atoms with E-state index < -0.39 is 22.2 Å². The number of nitrogens with zero attached hydrogens (tertiary/aromatic N) is 2. The van der Waals surface area contributed by atoms with E-state index in [9.17, 15) is 8.42 Å². The largest absolute Gasteiger partial charge is 0.484 e. The molecule has 2 atom stereocenters. The fourth-order valence-electron chi connectivity index (χ4n) is 3.16. The molecule has 27 heavy (non-hydrogen) atoms. The number of nitrogens with one attached hydrogen (secondary N) is 1. The minimum absolute atomic E-state index is 0.269. The van der Waals surface area contributed by atoms with E-state index >= 15 is 0 Å². The standard InChI is InChI=1S/C20H25N3O3S/c1-14(2)23-19-11-10-18(12-17(19)13-21-23)26-20(15(3)22-27(4,24)25)16-8-6-5-7-9-16/h5-15,20,22H,1-4H3/t15-,20-/m0/s1. The first-order chi connectivity index (χ1) is 12.7. The summed E-state index contributed by atoms with van der Waals surface area (Å²) >= 11 is 0. The van der Waals surface area contributed by atoms with Crippen molar-refractivity contribution in [1.29, 1.82) is 0 Å². The molecule has 0 unspecified atom stereocenters. The van der Waals surface area contributed by atoms with E-state index in [4.69, 9.17) is 4.74 Å². The first kappa shape index (κ1) is 19.4. The first-order valence-corrected chi connectivity index (χ1v) is 10.8. The smallest absolute Gasteiger partial charge is 0.209 e. The molecule has 0 aliphatic carbocycles. The minimum Gasteiger partial charge on any atom is -0.484 e. The molecule has 3 aromatic rings. The molecule has 0 aliphatic rings. The van der Waals surface area contributed by atoms with Crippen LogP contribution in [0.4, 0.5) is 0 Å². The average Bonchev–Trinajstić information content (AvgIpc) is 3.02. The molecule has 0 radical (unpaired) electrons. The number of hydrogen-bond donors (Lipinski definition) is 1. The molecule has 3 rings (SSSR count). The van der Waals surface area contributed by atoms with Crippen LogP contribution in [-0.4, -0.2) is 30.5 Å². The molecule has 2 aromatic carbocycles. The quantitative estimate of drug-likeness (QED) is 0.671. The molecule has 144 valence electrons. The van der Waals surface area contributed by atoms with Crippen LogP contribution in [0.2, 0.25) is 0 Å². The maximum Gasteiger partial charge on any atom is 0.209 e. The second kappa shape index (κ2) is 7.70. The normalized spacial score (nSPS) is 14.4. The van der Waals surface area contributed by atoms with Crippen molar-refractivity contribution < 1.29 is 13.2 Å². The van der Waals surface area contributed by atoms with Crippen molar-refractivity contribution in [3.05, 3.63) is 60.3 Å². The molecule has 6 nitrogen and oxygen atoms in total. The number of benzene rings is 2. The summed E-state index contributed by atoms with van der Waals surface area (Å²) in [6, 6.07) is 15.2. The Morgan fingerprint density at radius 3 is 2.41 bits per heavy atom. The van der Waals surface area contributed by atoms with Crippen molar-refractivity contribution in [2.24, 2.45) is 0 Å². The second-order valence-corrected chi connectivity index (χ2v) is 8.81. The molecule has 7 heteroatoms. The van der Waals surface area contributed by atoms with Gasteiger partial charge in [-0.1, -0.05) is 30.3 Å². The predicted molar refractivity (Wildman–Crippen MR) is 107 cm³/mol. The summed E-state index contributed by atoms with van der Waals surface area (Å²) in [5.74, 6) is 0.668. The molecular weight excluding hydrogens is 362 g/mol. The van der Waals surface area contributed by atoms with E-state index in [1.807, 2.05) is 59.4 Å². The molecule has 0 saturated carbocycles. The van der Waals surface area contributed by atoms with Gasteiger partial charge < -0.3 is 4.74 Å². The van der Waals surface area contributed by atoms with Crippen molar-refractivity contribution in [1.82, 2.24) is 14.5 Å². The van der Waals surface area contributed by atoms with Gasteiger partial charge in [0.1, 0.15) is 11.9 Å². The van der Waals surface area contributed by atoms with E-state index in [-0.39, 0.29) is 6.04 Å². The molecule has 0 aliphatic heterocycles. The number of ether oxygens (including phenoxy) is 1. The fourth-order valence-corrected chi connectivity index (χ4v) is 3.96. The van der Waals surface area contributed by atoms with Gasteiger partial charge in [0.25, 0.3) is 0 Å². The Balaban J connectivity index is 1.93. The second-order valence-electron chi connectivity index (χ2n) is 7.03. The zero-order valence-corrected chi connectivity index (χ0v) is 16.8. The van der Waals surface area contributed by atoms with Gasteiger partial charge in [-0.05, 0) is 44.5 Å². The third-order valence-electron chi connectivity index (χ3n) is 4.30.